The molecule has 6 heteroatoms. The van der Waals surface area contributed by atoms with Crippen LogP contribution in [0.2, 0.25) is 0 Å². The van der Waals surface area contributed by atoms with Gasteiger partial charge in [0.25, 0.3) is 0 Å². The molecule has 3 heterocycles. The van der Waals surface area contributed by atoms with E-state index in [2.05, 4.69) is 92.5 Å². The van der Waals surface area contributed by atoms with Crippen LogP contribution < -0.4 is 10.2 Å². The van der Waals surface area contributed by atoms with E-state index >= 15 is 0 Å². The summed E-state index contributed by atoms with van der Waals surface area (Å²) in [4.78, 5) is 12.7. The molecule has 0 spiro atoms. The fourth-order valence-corrected chi connectivity index (χ4v) is 5.69. The van der Waals surface area contributed by atoms with Crippen LogP contribution in [0.15, 0.2) is 119 Å². The summed E-state index contributed by atoms with van der Waals surface area (Å²) in [5.74, 6) is 2.30. The summed E-state index contributed by atoms with van der Waals surface area (Å²) in [7, 11) is 0. The number of fused-ring (bicyclic) bond motifs is 4. The summed E-state index contributed by atoms with van der Waals surface area (Å²) >= 11 is 0. The van der Waals surface area contributed by atoms with Crippen molar-refractivity contribution in [1.29, 1.82) is 0 Å². The Bertz CT molecular complexity index is 1790. The minimum Gasteiger partial charge on any atom is -0.337 e. The molecule has 41 heavy (non-hydrogen) atoms. The molecule has 2 aliphatic heterocycles. The Labute approximate surface area is 240 Å². The SMILES string of the molecule is Cc1nn(-c2ccccc2)c2c1[C@@H](c1ccc(C(C)(C)C)cc1)N1C(=N2)C(Nc2ccccc2)=Nc2ccccc21. The number of aryl methyl sites for hydroxylation is 1. The summed E-state index contributed by atoms with van der Waals surface area (Å²) in [5.41, 5.74) is 8.44. The lowest BCUT2D eigenvalue weighted by Gasteiger charge is -2.40. The molecule has 0 fully saturated rings. The highest BCUT2D eigenvalue weighted by molar-refractivity contribution is 6.51. The number of hydrogen-bond acceptors (Lipinski definition) is 5. The maximum absolute atomic E-state index is 5.32. The van der Waals surface area contributed by atoms with Gasteiger partial charge in [-0.2, -0.15) is 5.10 Å². The highest BCUT2D eigenvalue weighted by Crippen LogP contribution is 2.48. The van der Waals surface area contributed by atoms with Crippen LogP contribution in [0.25, 0.3) is 5.69 Å². The van der Waals surface area contributed by atoms with Crippen LogP contribution in [-0.4, -0.2) is 21.5 Å². The molecule has 1 N–H and O–H groups in total. The number of para-hydroxylation sites is 4. The first kappa shape index (κ1) is 25.0. The van der Waals surface area contributed by atoms with Crippen molar-refractivity contribution in [1.82, 2.24) is 9.78 Å². The zero-order valence-electron chi connectivity index (χ0n) is 23.7. The van der Waals surface area contributed by atoms with E-state index in [1.54, 1.807) is 0 Å². The first-order valence-electron chi connectivity index (χ1n) is 14.0. The number of nitrogens with zero attached hydrogens (tertiary/aromatic N) is 5. The smallest absolute Gasteiger partial charge is 0.179 e. The minimum atomic E-state index is -0.145. The van der Waals surface area contributed by atoms with E-state index in [0.29, 0.717) is 5.84 Å². The fraction of sp³-hybridized carbons (Fsp3) is 0.171. The molecule has 0 amide bonds. The first-order valence-corrected chi connectivity index (χ1v) is 14.0. The standard InChI is InChI=1S/C35H32N6/c1-23-30-31(24-19-21-25(22-20-24)35(2,3)4)40-29-18-12-11-17-28(29)37-32(36-26-13-7-5-8-14-26)34(40)38-33(30)41(39-23)27-15-9-6-10-16-27/h5-22,31H,1-4H3,(H,36,37)/t31-/m1/s1. The van der Waals surface area contributed by atoms with E-state index in [1.807, 2.05) is 59.3 Å². The molecule has 5 aromatic rings. The Morgan fingerprint density at radius 1 is 0.732 bits per heavy atom. The van der Waals surface area contributed by atoms with E-state index in [9.17, 15) is 0 Å². The Hall–Kier alpha value is -4.97. The maximum Gasteiger partial charge on any atom is 0.179 e. The number of anilines is 2. The van der Waals surface area contributed by atoms with Crippen molar-refractivity contribution in [3.63, 3.8) is 0 Å². The largest absolute Gasteiger partial charge is 0.337 e. The summed E-state index contributed by atoms with van der Waals surface area (Å²) in [6.45, 7) is 8.83. The average molecular weight is 537 g/mol. The summed E-state index contributed by atoms with van der Waals surface area (Å²) in [6, 6.07) is 37.5. The Balaban J connectivity index is 1.48. The summed E-state index contributed by atoms with van der Waals surface area (Å²) < 4.78 is 1.96. The third kappa shape index (κ3) is 4.32. The van der Waals surface area contributed by atoms with Crippen molar-refractivity contribution in [2.24, 2.45) is 9.98 Å². The van der Waals surface area contributed by atoms with Gasteiger partial charge in [0.1, 0.15) is 0 Å². The second-order valence-corrected chi connectivity index (χ2v) is 11.6. The Kier molecular flexibility index (Phi) is 5.86. The van der Waals surface area contributed by atoms with Gasteiger partial charge in [0.15, 0.2) is 17.5 Å². The van der Waals surface area contributed by atoms with Crippen LogP contribution in [0, 0.1) is 6.92 Å². The number of aliphatic imine (C=N–C) groups is 2. The van der Waals surface area contributed by atoms with E-state index < -0.39 is 0 Å². The number of rotatable bonds is 3. The van der Waals surface area contributed by atoms with Gasteiger partial charge in [-0.05, 0) is 59.9 Å². The second-order valence-electron chi connectivity index (χ2n) is 11.6. The van der Waals surface area contributed by atoms with Crippen molar-refractivity contribution in [2.45, 2.75) is 39.2 Å². The zero-order chi connectivity index (χ0) is 28.1. The average Bonchev–Trinajstić information content (AvgIpc) is 3.32. The predicted molar refractivity (Wildman–Crippen MR) is 168 cm³/mol. The van der Waals surface area contributed by atoms with Crippen LogP contribution in [0.1, 0.15) is 49.2 Å². The third-order valence-corrected chi connectivity index (χ3v) is 7.77. The third-order valence-electron chi connectivity index (χ3n) is 7.77. The molecule has 4 aromatic carbocycles. The van der Waals surface area contributed by atoms with Crippen LogP contribution in [0.3, 0.4) is 0 Å². The van der Waals surface area contributed by atoms with Crippen LogP contribution in [0.4, 0.5) is 22.9 Å². The minimum absolute atomic E-state index is 0.0636. The lowest BCUT2D eigenvalue weighted by Crippen LogP contribution is -2.46. The molecule has 0 saturated carbocycles. The second kappa shape index (κ2) is 9.59. The number of hydrogen-bond donors (Lipinski definition) is 1. The van der Waals surface area contributed by atoms with Gasteiger partial charge in [-0.3, -0.25) is 0 Å². The normalized spacial score (nSPS) is 15.8. The van der Waals surface area contributed by atoms with E-state index in [1.165, 1.54) is 11.1 Å². The van der Waals surface area contributed by atoms with E-state index in [-0.39, 0.29) is 11.5 Å². The molecule has 0 saturated heterocycles. The Morgan fingerprint density at radius 3 is 2.10 bits per heavy atom. The fourth-order valence-electron chi connectivity index (χ4n) is 5.69. The van der Waals surface area contributed by atoms with Crippen molar-refractivity contribution in [3.05, 3.63) is 132 Å². The van der Waals surface area contributed by atoms with Gasteiger partial charge in [-0.15, -0.1) is 0 Å². The molecule has 202 valence electrons. The topological polar surface area (TPSA) is 57.8 Å². The molecule has 0 unspecified atom stereocenters. The van der Waals surface area contributed by atoms with Crippen LogP contribution >= 0.6 is 0 Å². The number of aromatic nitrogens is 2. The monoisotopic (exact) mass is 536 g/mol. The molecule has 6 nitrogen and oxygen atoms in total. The van der Waals surface area contributed by atoms with Gasteiger partial charge in [0.05, 0.1) is 28.8 Å². The number of nitrogens with one attached hydrogen (secondary N) is 1. The van der Waals surface area contributed by atoms with Gasteiger partial charge in [0, 0.05) is 11.3 Å². The number of benzene rings is 4. The van der Waals surface area contributed by atoms with E-state index in [0.717, 1.165) is 45.7 Å². The summed E-state index contributed by atoms with van der Waals surface area (Å²) in [5, 5.41) is 8.61. The van der Waals surface area contributed by atoms with Crippen LogP contribution in [-0.2, 0) is 5.41 Å². The first-order chi connectivity index (χ1) is 19.9. The molecule has 1 atom stereocenters. The summed E-state index contributed by atoms with van der Waals surface area (Å²) in [6.07, 6.45) is 0. The van der Waals surface area contributed by atoms with Gasteiger partial charge in [-0.1, -0.05) is 93.6 Å². The quantitative estimate of drug-likeness (QED) is 0.252. The number of amidine groups is 2. The van der Waals surface area contributed by atoms with Gasteiger partial charge in [0.2, 0.25) is 0 Å². The maximum atomic E-state index is 5.32. The van der Waals surface area contributed by atoms with Gasteiger partial charge < -0.3 is 10.2 Å². The highest BCUT2D eigenvalue weighted by Gasteiger charge is 2.41. The van der Waals surface area contributed by atoms with Crippen molar-refractivity contribution >= 4 is 34.6 Å². The lowest BCUT2D eigenvalue weighted by molar-refractivity contribution is 0.589. The Morgan fingerprint density at radius 2 is 1.39 bits per heavy atom. The molecule has 2 aliphatic rings. The molecule has 7 rings (SSSR count). The predicted octanol–water partition coefficient (Wildman–Crippen LogP) is 8.27. The molecule has 0 bridgehead atoms. The lowest BCUT2D eigenvalue weighted by atomic mass is 9.85. The van der Waals surface area contributed by atoms with Crippen molar-refractivity contribution < 1.29 is 0 Å². The van der Waals surface area contributed by atoms with Crippen molar-refractivity contribution in [3.8, 4) is 5.69 Å². The molecular weight excluding hydrogens is 504 g/mol. The highest BCUT2D eigenvalue weighted by atomic mass is 15.4. The van der Waals surface area contributed by atoms with E-state index in [4.69, 9.17) is 15.1 Å². The van der Waals surface area contributed by atoms with Gasteiger partial charge in [-0.25, -0.2) is 14.7 Å². The molecule has 0 aliphatic carbocycles. The van der Waals surface area contributed by atoms with Crippen LogP contribution in [0.5, 0.6) is 0 Å². The molecule has 1 aromatic heterocycles. The zero-order valence-corrected chi connectivity index (χ0v) is 23.7. The molecular formula is C35H32N6. The molecule has 0 radical (unpaired) electrons. The van der Waals surface area contributed by atoms with Crippen molar-refractivity contribution in [2.75, 3.05) is 10.2 Å². The van der Waals surface area contributed by atoms with Gasteiger partial charge >= 0.3 is 0 Å².